The first-order valence-electron chi connectivity index (χ1n) is 13.5. The monoisotopic (exact) mass is 553 g/mol. The second-order valence-corrected chi connectivity index (χ2v) is 10.1. The molecule has 210 valence electrons. The minimum Gasteiger partial charge on any atom is -0.454 e. The third-order valence-corrected chi connectivity index (χ3v) is 7.55. The number of carbonyl (C=O) groups excluding carboxylic acids is 2. The van der Waals surface area contributed by atoms with Crippen molar-refractivity contribution in [3.63, 3.8) is 0 Å². The van der Waals surface area contributed by atoms with Gasteiger partial charge in [-0.1, -0.05) is 18.2 Å². The number of para-hydroxylation sites is 1. The molecule has 0 fully saturated rings. The number of hydrogen-bond donors (Lipinski definition) is 0. The summed E-state index contributed by atoms with van der Waals surface area (Å²) in [6.45, 7) is 4.60. The van der Waals surface area contributed by atoms with Gasteiger partial charge in [-0.05, 0) is 80.2 Å². The van der Waals surface area contributed by atoms with Crippen LogP contribution in [0.2, 0.25) is 0 Å². The van der Waals surface area contributed by atoms with Crippen LogP contribution < -0.4 is 0 Å². The zero-order chi connectivity index (χ0) is 29.1. The number of nitro groups is 1. The van der Waals surface area contributed by atoms with Gasteiger partial charge in [0.25, 0.3) is 5.69 Å². The number of hydrogen-bond acceptors (Lipinski definition) is 7. The minimum absolute atomic E-state index is 0.0248. The summed E-state index contributed by atoms with van der Waals surface area (Å²) in [7, 11) is 1.63. The van der Waals surface area contributed by atoms with Gasteiger partial charge in [-0.3, -0.25) is 14.9 Å². The Morgan fingerprint density at radius 3 is 2.59 bits per heavy atom. The predicted octanol–water partition coefficient (Wildman–Crippen LogP) is 6.12. The maximum Gasteiger partial charge on any atom is 0.339 e. The molecule has 0 N–H and O–H groups in total. The number of esters is 1. The molecule has 4 aromatic rings. The van der Waals surface area contributed by atoms with E-state index >= 15 is 0 Å². The number of carbonyl (C=O) groups is 2. The van der Waals surface area contributed by atoms with Crippen LogP contribution in [-0.2, 0) is 22.4 Å². The number of aromatic nitrogens is 2. The summed E-state index contributed by atoms with van der Waals surface area (Å²) >= 11 is 0. The maximum absolute atomic E-state index is 13.6. The van der Waals surface area contributed by atoms with Gasteiger partial charge < -0.3 is 14.0 Å². The van der Waals surface area contributed by atoms with Crippen molar-refractivity contribution in [1.82, 2.24) is 9.55 Å². The van der Waals surface area contributed by atoms with E-state index in [0.29, 0.717) is 47.3 Å². The van der Waals surface area contributed by atoms with Crippen molar-refractivity contribution in [2.75, 3.05) is 20.3 Å². The standard InChI is InChI=1S/C32H31N3O6/c1-20-17-27(21(2)34(20)15-16-40-3)29(36)19-41-32(37)30-25-8-4-5-10-28(25)33-31-23(7-6-9-26(30)31)18-22-11-13-24(14-12-22)35(38)39/h4-5,8,10-14,17-18H,6-7,9,15-16,19H2,1-3H3/b23-18+. The number of pyridine rings is 1. The molecule has 1 aliphatic carbocycles. The Morgan fingerprint density at radius 1 is 1.10 bits per heavy atom. The molecule has 1 aliphatic rings. The number of non-ortho nitro benzene ring substituents is 1. The zero-order valence-electron chi connectivity index (χ0n) is 23.3. The molecular formula is C32H31N3O6. The van der Waals surface area contributed by atoms with E-state index < -0.39 is 10.9 Å². The van der Waals surface area contributed by atoms with E-state index in [9.17, 15) is 19.7 Å². The van der Waals surface area contributed by atoms with Crippen LogP contribution in [-0.4, -0.2) is 46.6 Å². The lowest BCUT2D eigenvalue weighted by atomic mass is 9.86. The van der Waals surface area contributed by atoms with Gasteiger partial charge in [0.15, 0.2) is 6.61 Å². The van der Waals surface area contributed by atoms with Crippen molar-refractivity contribution in [2.24, 2.45) is 0 Å². The number of ether oxygens (including phenoxy) is 2. The van der Waals surface area contributed by atoms with Crippen molar-refractivity contribution in [1.29, 1.82) is 0 Å². The van der Waals surface area contributed by atoms with Gasteiger partial charge in [0.2, 0.25) is 5.78 Å². The normalized spacial score (nSPS) is 13.8. The molecule has 0 unspecified atom stereocenters. The zero-order valence-corrected chi connectivity index (χ0v) is 23.3. The molecule has 41 heavy (non-hydrogen) atoms. The van der Waals surface area contributed by atoms with E-state index in [4.69, 9.17) is 14.5 Å². The fraction of sp³-hybridized carbons (Fsp3) is 0.281. The van der Waals surface area contributed by atoms with E-state index in [1.165, 1.54) is 12.1 Å². The average molecular weight is 554 g/mol. The highest BCUT2D eigenvalue weighted by atomic mass is 16.6. The molecule has 0 amide bonds. The molecule has 2 aromatic heterocycles. The third-order valence-electron chi connectivity index (χ3n) is 7.55. The highest BCUT2D eigenvalue weighted by molar-refractivity contribution is 6.08. The molecule has 0 spiro atoms. The van der Waals surface area contributed by atoms with Gasteiger partial charge in [-0.2, -0.15) is 0 Å². The number of nitro benzene ring substituents is 1. The van der Waals surface area contributed by atoms with E-state index in [1.807, 2.05) is 54.8 Å². The Balaban J connectivity index is 1.46. The van der Waals surface area contributed by atoms with Crippen LogP contribution in [0.1, 0.15) is 61.8 Å². The molecule has 5 rings (SSSR count). The number of aryl methyl sites for hydroxylation is 1. The lowest BCUT2D eigenvalue weighted by molar-refractivity contribution is -0.384. The smallest absolute Gasteiger partial charge is 0.339 e. The van der Waals surface area contributed by atoms with Crippen LogP contribution in [0.3, 0.4) is 0 Å². The molecule has 2 heterocycles. The number of Topliss-reactive ketones (excluding diaryl/α,β-unsaturated/α-hetero) is 1. The second-order valence-electron chi connectivity index (χ2n) is 10.1. The molecule has 0 atom stereocenters. The topological polar surface area (TPSA) is 114 Å². The minimum atomic E-state index is -0.557. The van der Waals surface area contributed by atoms with Gasteiger partial charge in [0, 0.05) is 48.1 Å². The number of ketones is 1. The second kappa shape index (κ2) is 11.9. The lowest BCUT2D eigenvalue weighted by Gasteiger charge is -2.22. The molecule has 0 saturated heterocycles. The molecule has 0 bridgehead atoms. The van der Waals surface area contributed by atoms with E-state index in [-0.39, 0.29) is 18.1 Å². The number of methoxy groups -OCH3 is 1. The first-order valence-corrected chi connectivity index (χ1v) is 13.5. The molecular weight excluding hydrogens is 522 g/mol. The van der Waals surface area contributed by atoms with Crippen molar-refractivity contribution < 1.29 is 24.0 Å². The lowest BCUT2D eigenvalue weighted by Crippen LogP contribution is -2.19. The van der Waals surface area contributed by atoms with Gasteiger partial charge in [0.1, 0.15) is 0 Å². The quantitative estimate of drug-likeness (QED) is 0.106. The molecule has 9 heteroatoms. The Kier molecular flexibility index (Phi) is 8.07. The SMILES string of the molecule is COCCn1c(C)cc(C(=O)COC(=O)c2c3c(nc4ccccc24)/C(=C/c2ccc([N+](=O)[O-])cc2)CCC3)c1C. The fourth-order valence-electron chi connectivity index (χ4n) is 5.49. The largest absolute Gasteiger partial charge is 0.454 e. The Hall–Kier alpha value is -4.63. The Morgan fingerprint density at radius 2 is 1.85 bits per heavy atom. The van der Waals surface area contributed by atoms with Gasteiger partial charge >= 0.3 is 5.97 Å². The number of rotatable bonds is 9. The fourth-order valence-corrected chi connectivity index (χ4v) is 5.49. The number of allylic oxidation sites excluding steroid dienone is 1. The average Bonchev–Trinajstić information content (AvgIpc) is 3.26. The summed E-state index contributed by atoms with van der Waals surface area (Å²) in [5.41, 5.74) is 6.65. The summed E-state index contributed by atoms with van der Waals surface area (Å²) < 4.78 is 12.9. The Bertz CT molecular complexity index is 1680. The molecule has 2 aromatic carbocycles. The summed E-state index contributed by atoms with van der Waals surface area (Å²) in [5, 5.41) is 11.7. The molecule has 0 aliphatic heterocycles. The van der Waals surface area contributed by atoms with Crippen LogP contribution in [0.25, 0.3) is 22.6 Å². The van der Waals surface area contributed by atoms with Crippen LogP contribution in [0.5, 0.6) is 0 Å². The molecule has 0 saturated carbocycles. The first kappa shape index (κ1) is 27.9. The third kappa shape index (κ3) is 5.67. The maximum atomic E-state index is 13.6. The van der Waals surface area contributed by atoms with Crippen molar-refractivity contribution in [3.05, 3.63) is 104 Å². The number of fused-ring (bicyclic) bond motifs is 2. The van der Waals surface area contributed by atoms with Crippen molar-refractivity contribution in [2.45, 2.75) is 39.7 Å². The van der Waals surface area contributed by atoms with Crippen LogP contribution in [0.15, 0.2) is 54.6 Å². The van der Waals surface area contributed by atoms with E-state index in [2.05, 4.69) is 0 Å². The Labute approximate surface area is 237 Å². The summed E-state index contributed by atoms with van der Waals surface area (Å²) in [4.78, 5) is 42.3. The van der Waals surface area contributed by atoms with E-state index in [0.717, 1.165) is 40.9 Å². The van der Waals surface area contributed by atoms with Crippen LogP contribution >= 0.6 is 0 Å². The predicted molar refractivity (Wildman–Crippen MR) is 156 cm³/mol. The van der Waals surface area contributed by atoms with Crippen molar-refractivity contribution >= 4 is 40.0 Å². The number of nitrogens with zero attached hydrogens (tertiary/aromatic N) is 3. The van der Waals surface area contributed by atoms with Crippen LogP contribution in [0, 0.1) is 24.0 Å². The summed E-state index contributed by atoms with van der Waals surface area (Å²) in [6.07, 6.45) is 4.16. The van der Waals surface area contributed by atoms with Crippen LogP contribution in [0.4, 0.5) is 5.69 Å². The van der Waals surface area contributed by atoms with Gasteiger partial charge in [-0.15, -0.1) is 0 Å². The van der Waals surface area contributed by atoms with Crippen molar-refractivity contribution in [3.8, 4) is 0 Å². The number of benzene rings is 2. The van der Waals surface area contributed by atoms with Gasteiger partial charge in [0.05, 0.1) is 28.3 Å². The first-order chi connectivity index (χ1) is 19.8. The highest BCUT2D eigenvalue weighted by Crippen LogP contribution is 2.36. The molecule has 9 nitrogen and oxygen atoms in total. The summed E-state index contributed by atoms with van der Waals surface area (Å²) in [6, 6.07) is 15.6. The molecule has 0 radical (unpaired) electrons. The summed E-state index contributed by atoms with van der Waals surface area (Å²) in [5.74, 6) is -0.820. The van der Waals surface area contributed by atoms with Gasteiger partial charge in [-0.25, -0.2) is 9.78 Å². The highest BCUT2D eigenvalue weighted by Gasteiger charge is 2.27. The van der Waals surface area contributed by atoms with E-state index in [1.54, 1.807) is 19.2 Å².